The first-order chi connectivity index (χ1) is 21.2. The highest BCUT2D eigenvalue weighted by Crippen LogP contribution is 2.44. The summed E-state index contributed by atoms with van der Waals surface area (Å²) in [6, 6.07) is 14.9. The van der Waals surface area contributed by atoms with E-state index in [-0.39, 0.29) is 24.3 Å². The van der Waals surface area contributed by atoms with Crippen LogP contribution in [0.25, 0.3) is 11.1 Å². The van der Waals surface area contributed by atoms with Crippen molar-refractivity contribution in [2.24, 2.45) is 11.8 Å². The Kier molecular flexibility index (Phi) is 10.6. The van der Waals surface area contributed by atoms with Crippen molar-refractivity contribution < 1.29 is 34.4 Å². The molecule has 0 unspecified atom stereocenters. The Hall–Kier alpha value is -2.63. The van der Waals surface area contributed by atoms with Gasteiger partial charge in [-0.3, -0.25) is 9.69 Å². The van der Waals surface area contributed by atoms with E-state index in [1.54, 1.807) is 11.2 Å². The van der Waals surface area contributed by atoms with Crippen molar-refractivity contribution in [1.29, 1.82) is 0 Å². The van der Waals surface area contributed by atoms with Crippen LogP contribution in [0.2, 0.25) is 0 Å². The van der Waals surface area contributed by atoms with Crippen molar-refractivity contribution in [3.63, 3.8) is 0 Å². The van der Waals surface area contributed by atoms with Gasteiger partial charge in [-0.25, -0.2) is 4.79 Å². The van der Waals surface area contributed by atoms with Gasteiger partial charge in [-0.05, 0) is 53.2 Å². The lowest BCUT2D eigenvalue weighted by atomic mass is 9.86. The van der Waals surface area contributed by atoms with Crippen molar-refractivity contribution in [3.05, 3.63) is 59.7 Å². The van der Waals surface area contributed by atoms with Gasteiger partial charge in [0, 0.05) is 12.5 Å². The maximum atomic E-state index is 14.0. The number of nitrogens with zero attached hydrogens (tertiary/aromatic N) is 1. The monoisotopic (exact) mass is 626 g/mol. The smallest absolute Gasteiger partial charge is 0.410 e. The second-order valence-corrected chi connectivity index (χ2v) is 13.6. The number of nitrogens with one attached hydrogen (secondary N) is 1. The summed E-state index contributed by atoms with van der Waals surface area (Å²) in [4.78, 5) is 29.2. The van der Waals surface area contributed by atoms with Gasteiger partial charge in [-0.15, -0.1) is 11.8 Å². The van der Waals surface area contributed by atoms with Crippen LogP contribution in [0.3, 0.4) is 0 Å². The number of likely N-dealkylation sites (tertiary alicyclic amines) is 1. The number of ether oxygens (including phenoxy) is 2. The van der Waals surface area contributed by atoms with Crippen LogP contribution >= 0.6 is 11.8 Å². The first kappa shape index (κ1) is 32.8. The zero-order valence-electron chi connectivity index (χ0n) is 26.0. The van der Waals surface area contributed by atoms with E-state index in [0.717, 1.165) is 41.5 Å². The van der Waals surface area contributed by atoms with Gasteiger partial charge in [0.15, 0.2) is 0 Å². The summed E-state index contributed by atoms with van der Waals surface area (Å²) in [6.07, 6.45) is -0.514. The van der Waals surface area contributed by atoms with E-state index in [0.29, 0.717) is 18.9 Å². The zero-order valence-corrected chi connectivity index (χ0v) is 26.8. The fourth-order valence-corrected chi connectivity index (χ4v) is 7.79. The lowest BCUT2D eigenvalue weighted by Gasteiger charge is -2.45. The third-order valence-corrected chi connectivity index (χ3v) is 10.4. The maximum Gasteiger partial charge on any atom is 0.410 e. The molecule has 3 aliphatic rings. The number of fused-ring (bicyclic) bond motifs is 3. The second kappa shape index (κ2) is 14.2. The number of carbonyl (C=O) groups excluding carboxylic acids is 2. The molecule has 2 fully saturated rings. The molecular formula is C34H46N2O7S. The lowest BCUT2D eigenvalue weighted by Crippen LogP contribution is -2.65. The molecule has 0 saturated carbocycles. The highest BCUT2D eigenvalue weighted by atomic mass is 32.2. The van der Waals surface area contributed by atoms with Gasteiger partial charge in [0.2, 0.25) is 5.91 Å². The minimum Gasteiger partial charge on any atom is -0.448 e. The standard InChI is InChI=1S/C34H46N2O7S/c1-5-10-20-15-16-36(34(41)42-18-25-23-13-8-6-11-21(23)22-12-7-9-14-24(22)25)26(17-20)32(40)35-27(19(2)3)31-29(38)28(37)30(39)33(43-31)44-4/h6-9,11-14,19-20,25-31,33,37-39H,5,10,15-18H2,1-4H3,(H,35,40)/t20-,26+,27-,28+,29-,30-,31-,33-/m1/s1. The van der Waals surface area contributed by atoms with E-state index in [1.165, 1.54) is 11.8 Å². The molecular weight excluding hydrogens is 580 g/mol. The highest BCUT2D eigenvalue weighted by Gasteiger charge is 2.48. The van der Waals surface area contributed by atoms with Gasteiger partial charge in [0.1, 0.15) is 42.5 Å². The molecule has 0 bridgehead atoms. The van der Waals surface area contributed by atoms with Crippen molar-refractivity contribution in [1.82, 2.24) is 10.2 Å². The molecule has 2 saturated heterocycles. The van der Waals surface area contributed by atoms with E-state index in [9.17, 15) is 24.9 Å². The van der Waals surface area contributed by atoms with Gasteiger partial charge < -0.3 is 30.1 Å². The predicted molar refractivity (Wildman–Crippen MR) is 170 cm³/mol. The molecule has 8 atom stereocenters. The summed E-state index contributed by atoms with van der Waals surface area (Å²) in [6.45, 7) is 6.50. The molecule has 0 radical (unpaired) electrons. The van der Waals surface area contributed by atoms with Gasteiger partial charge in [-0.2, -0.15) is 0 Å². The molecule has 2 amide bonds. The highest BCUT2D eigenvalue weighted by molar-refractivity contribution is 7.99. The van der Waals surface area contributed by atoms with Crippen molar-refractivity contribution in [2.45, 2.75) is 94.3 Å². The number of carbonyl (C=O) groups is 2. The Labute approximate surface area is 264 Å². The average molecular weight is 627 g/mol. The average Bonchev–Trinajstić information content (AvgIpc) is 3.35. The van der Waals surface area contributed by atoms with Crippen LogP contribution in [-0.2, 0) is 14.3 Å². The van der Waals surface area contributed by atoms with E-state index >= 15 is 0 Å². The normalized spacial score (nSPS) is 29.2. The van der Waals surface area contributed by atoms with Crippen LogP contribution in [0.4, 0.5) is 4.79 Å². The zero-order chi connectivity index (χ0) is 31.5. The second-order valence-electron chi connectivity index (χ2n) is 12.6. The number of aliphatic hydroxyl groups excluding tert-OH is 3. The summed E-state index contributed by atoms with van der Waals surface area (Å²) in [5.74, 6) is -0.297. The van der Waals surface area contributed by atoms with Gasteiger partial charge in [0.05, 0.1) is 6.04 Å². The number of piperidine rings is 1. The number of benzene rings is 2. The molecule has 9 nitrogen and oxygen atoms in total. The van der Waals surface area contributed by atoms with Crippen molar-refractivity contribution in [3.8, 4) is 11.1 Å². The summed E-state index contributed by atoms with van der Waals surface area (Å²) < 4.78 is 12.0. The van der Waals surface area contributed by atoms with Crippen LogP contribution in [0.1, 0.15) is 63.5 Å². The molecule has 240 valence electrons. The minimum absolute atomic E-state index is 0.0855. The fourth-order valence-electron chi connectivity index (χ4n) is 7.11. The molecule has 2 heterocycles. The topological polar surface area (TPSA) is 129 Å². The van der Waals surface area contributed by atoms with E-state index < -0.39 is 48.0 Å². The third-order valence-electron chi connectivity index (χ3n) is 9.50. The largest absolute Gasteiger partial charge is 0.448 e. The Morgan fingerprint density at radius 2 is 1.66 bits per heavy atom. The van der Waals surface area contributed by atoms with Crippen LogP contribution in [0.5, 0.6) is 0 Å². The predicted octanol–water partition coefficient (Wildman–Crippen LogP) is 4.13. The number of hydrogen-bond acceptors (Lipinski definition) is 8. The van der Waals surface area contributed by atoms with Crippen LogP contribution in [-0.4, -0.2) is 93.6 Å². The molecule has 1 aliphatic carbocycles. The lowest BCUT2D eigenvalue weighted by molar-refractivity contribution is -0.208. The summed E-state index contributed by atoms with van der Waals surface area (Å²) >= 11 is 1.23. The van der Waals surface area contributed by atoms with Gasteiger partial charge in [-0.1, -0.05) is 82.1 Å². The number of aliphatic hydroxyl groups is 3. The molecule has 0 aromatic heterocycles. The first-order valence-electron chi connectivity index (χ1n) is 15.8. The van der Waals surface area contributed by atoms with E-state index in [2.05, 4.69) is 36.5 Å². The van der Waals surface area contributed by atoms with Crippen LogP contribution in [0.15, 0.2) is 48.5 Å². The number of hydrogen-bond donors (Lipinski definition) is 4. The number of thioether (sulfide) groups is 1. The maximum absolute atomic E-state index is 14.0. The number of rotatable bonds is 9. The molecule has 10 heteroatoms. The van der Waals surface area contributed by atoms with Crippen LogP contribution in [0, 0.1) is 11.8 Å². The fraction of sp³-hybridized carbons (Fsp3) is 0.588. The van der Waals surface area contributed by atoms with E-state index in [1.807, 2.05) is 38.1 Å². The molecule has 5 rings (SSSR count). The molecule has 2 aliphatic heterocycles. The van der Waals surface area contributed by atoms with Crippen molar-refractivity contribution in [2.75, 3.05) is 19.4 Å². The van der Waals surface area contributed by atoms with Gasteiger partial charge >= 0.3 is 6.09 Å². The summed E-state index contributed by atoms with van der Waals surface area (Å²) in [5, 5.41) is 34.8. The Bertz CT molecular complexity index is 1260. The Balaban J connectivity index is 1.32. The third kappa shape index (κ3) is 6.51. The number of amides is 2. The Morgan fingerprint density at radius 3 is 2.25 bits per heavy atom. The minimum atomic E-state index is -1.41. The quantitative estimate of drug-likeness (QED) is 0.327. The first-order valence-corrected chi connectivity index (χ1v) is 17.1. The molecule has 2 aromatic carbocycles. The molecule has 4 N–H and O–H groups in total. The molecule has 0 spiro atoms. The Morgan fingerprint density at radius 1 is 1.02 bits per heavy atom. The van der Waals surface area contributed by atoms with Gasteiger partial charge in [0.25, 0.3) is 0 Å². The SMILES string of the molecule is CCC[C@@H]1CCN(C(=O)OCC2c3ccccc3-c3ccccc32)[C@H](C(=O)N[C@H](C(C)C)[C@H]2O[C@H](SC)[C@H](O)[C@@H](O)[C@H]2O)C1. The molecule has 44 heavy (non-hydrogen) atoms. The summed E-state index contributed by atoms with van der Waals surface area (Å²) in [5.41, 5.74) is 3.79. The van der Waals surface area contributed by atoms with Crippen molar-refractivity contribution >= 4 is 23.8 Å². The van der Waals surface area contributed by atoms with E-state index in [4.69, 9.17) is 9.47 Å². The summed E-state index contributed by atoms with van der Waals surface area (Å²) in [7, 11) is 0. The van der Waals surface area contributed by atoms with Crippen LogP contribution < -0.4 is 5.32 Å². The molecule has 2 aromatic rings.